The Morgan fingerprint density at radius 1 is 1.26 bits per heavy atom. The molecule has 0 aromatic heterocycles. The lowest BCUT2D eigenvalue weighted by Crippen LogP contribution is -2.52. The van der Waals surface area contributed by atoms with Crippen molar-refractivity contribution in [2.75, 3.05) is 11.5 Å². The lowest BCUT2D eigenvalue weighted by Gasteiger charge is -2.30. The monoisotopic (exact) mass is 404 g/mol. The van der Waals surface area contributed by atoms with Crippen molar-refractivity contribution >= 4 is 37.7 Å². The van der Waals surface area contributed by atoms with Gasteiger partial charge in [0, 0.05) is 10.0 Å². The first-order valence-electron chi connectivity index (χ1n) is 7.01. The molecule has 2 heterocycles. The number of imide groups is 1. The average molecular weight is 405 g/mol. The maximum atomic E-state index is 13.9. The number of rotatable bonds is 2. The smallest absolute Gasteiger partial charge is 0.323 e. The number of hydrogen-bond donors (Lipinski definition) is 1. The lowest BCUT2D eigenvalue weighted by molar-refractivity contribution is -0.132. The molecule has 0 aliphatic carbocycles. The summed E-state index contributed by atoms with van der Waals surface area (Å²) in [4.78, 5) is 25.7. The van der Waals surface area contributed by atoms with Crippen LogP contribution in [0.4, 0.5) is 9.18 Å². The summed E-state index contributed by atoms with van der Waals surface area (Å²) in [5.41, 5.74) is -0.953. The van der Waals surface area contributed by atoms with E-state index in [4.69, 9.17) is 0 Å². The fourth-order valence-electron chi connectivity index (χ4n) is 2.87. The summed E-state index contributed by atoms with van der Waals surface area (Å²) < 4.78 is 37.5. The average Bonchev–Trinajstić information content (AvgIpc) is 2.70. The second-order valence-electron chi connectivity index (χ2n) is 5.79. The van der Waals surface area contributed by atoms with Crippen LogP contribution in [0.25, 0.3) is 0 Å². The van der Waals surface area contributed by atoms with Crippen LogP contribution in [0, 0.1) is 5.82 Å². The van der Waals surface area contributed by atoms with Gasteiger partial charge in [-0.15, -0.1) is 0 Å². The quantitative estimate of drug-likeness (QED) is 0.758. The number of benzene rings is 1. The van der Waals surface area contributed by atoms with E-state index in [1.165, 1.54) is 12.1 Å². The number of urea groups is 1. The molecule has 2 fully saturated rings. The fraction of sp³-hybridized carbons (Fsp3) is 0.429. The molecule has 0 bridgehead atoms. The molecule has 3 rings (SSSR count). The van der Waals surface area contributed by atoms with Crippen LogP contribution >= 0.6 is 15.9 Å². The fourth-order valence-corrected chi connectivity index (χ4v) is 4.72. The third-order valence-corrected chi connectivity index (χ3v) is 6.41. The Morgan fingerprint density at radius 3 is 2.52 bits per heavy atom. The molecular weight excluding hydrogens is 391 g/mol. The van der Waals surface area contributed by atoms with Gasteiger partial charge in [0.05, 0.1) is 18.1 Å². The van der Waals surface area contributed by atoms with Crippen molar-refractivity contribution < 1.29 is 22.4 Å². The second-order valence-corrected chi connectivity index (χ2v) is 9.01. The molecule has 0 atom stereocenters. The second kappa shape index (κ2) is 5.55. The van der Waals surface area contributed by atoms with Crippen molar-refractivity contribution in [1.29, 1.82) is 0 Å². The molecule has 1 N–H and O–H groups in total. The van der Waals surface area contributed by atoms with E-state index < -0.39 is 33.1 Å². The maximum Gasteiger partial charge on any atom is 0.325 e. The summed E-state index contributed by atoms with van der Waals surface area (Å²) in [5, 5.41) is 2.60. The number of carbonyl (C=O) groups is 2. The first kappa shape index (κ1) is 16.4. The van der Waals surface area contributed by atoms with Crippen molar-refractivity contribution in [2.45, 2.75) is 24.9 Å². The van der Waals surface area contributed by atoms with Gasteiger partial charge in [-0.3, -0.25) is 9.69 Å². The SMILES string of the molecule is O=C1NC2(CCS(=O)(=O)CC2)C(=O)N1Cc1ccc(Br)cc1F. The van der Waals surface area contributed by atoms with Crippen LogP contribution in [0.15, 0.2) is 22.7 Å². The van der Waals surface area contributed by atoms with Gasteiger partial charge in [-0.25, -0.2) is 17.6 Å². The third kappa shape index (κ3) is 2.99. The van der Waals surface area contributed by atoms with Crippen LogP contribution in [0.2, 0.25) is 0 Å². The van der Waals surface area contributed by atoms with Gasteiger partial charge in [0.25, 0.3) is 5.91 Å². The van der Waals surface area contributed by atoms with Gasteiger partial charge >= 0.3 is 6.03 Å². The zero-order valence-corrected chi connectivity index (χ0v) is 14.4. The zero-order chi connectivity index (χ0) is 16.8. The van der Waals surface area contributed by atoms with Crippen molar-refractivity contribution in [3.8, 4) is 0 Å². The molecule has 1 aromatic carbocycles. The number of amides is 3. The van der Waals surface area contributed by atoms with Crippen LogP contribution < -0.4 is 5.32 Å². The van der Waals surface area contributed by atoms with Crippen LogP contribution in [0.1, 0.15) is 18.4 Å². The summed E-state index contributed by atoms with van der Waals surface area (Å²) in [6.45, 7) is -0.182. The Hall–Kier alpha value is -1.48. The van der Waals surface area contributed by atoms with Gasteiger partial charge in [0.2, 0.25) is 0 Å². The van der Waals surface area contributed by atoms with Crippen molar-refractivity contribution in [2.24, 2.45) is 0 Å². The van der Waals surface area contributed by atoms with Gasteiger partial charge in [-0.2, -0.15) is 0 Å². The first-order chi connectivity index (χ1) is 10.7. The van der Waals surface area contributed by atoms with Gasteiger partial charge in [0.1, 0.15) is 11.4 Å². The van der Waals surface area contributed by atoms with E-state index in [1.807, 2.05) is 0 Å². The number of nitrogens with one attached hydrogen (secondary N) is 1. The summed E-state index contributed by atoms with van der Waals surface area (Å²) in [7, 11) is -3.16. The zero-order valence-electron chi connectivity index (χ0n) is 12.0. The molecule has 0 saturated carbocycles. The summed E-state index contributed by atoms with van der Waals surface area (Å²) in [5.74, 6) is -1.29. The summed E-state index contributed by atoms with van der Waals surface area (Å²) in [6.07, 6.45) is 0.110. The predicted molar refractivity (Wildman–Crippen MR) is 83.8 cm³/mol. The molecule has 124 valence electrons. The Labute approximate surface area is 141 Å². The molecular formula is C14H14BrFN2O4S. The van der Waals surface area contributed by atoms with E-state index in [1.54, 1.807) is 6.07 Å². The number of nitrogens with zero attached hydrogens (tertiary/aromatic N) is 1. The number of halogens is 2. The molecule has 1 aromatic rings. The minimum absolute atomic E-state index is 0.0548. The Balaban J connectivity index is 1.82. The highest BCUT2D eigenvalue weighted by Gasteiger charge is 2.53. The molecule has 0 radical (unpaired) electrons. The lowest BCUT2D eigenvalue weighted by atomic mass is 9.92. The molecule has 6 nitrogen and oxygen atoms in total. The number of sulfone groups is 1. The standard InChI is InChI=1S/C14H14BrFN2O4S/c15-10-2-1-9(11(16)7-10)8-18-12(19)14(17-13(18)20)3-5-23(21,22)6-4-14/h1-2,7H,3-6,8H2,(H,17,20). The molecule has 23 heavy (non-hydrogen) atoms. The highest BCUT2D eigenvalue weighted by Crippen LogP contribution is 2.31. The van der Waals surface area contributed by atoms with Crippen LogP contribution in [-0.4, -0.2) is 42.3 Å². The molecule has 1 spiro atoms. The van der Waals surface area contributed by atoms with E-state index in [9.17, 15) is 22.4 Å². The van der Waals surface area contributed by atoms with Crippen molar-refractivity contribution in [3.05, 3.63) is 34.1 Å². The molecule has 0 unspecified atom stereocenters. The van der Waals surface area contributed by atoms with E-state index in [0.717, 1.165) is 4.90 Å². The van der Waals surface area contributed by atoms with Crippen LogP contribution in [0.3, 0.4) is 0 Å². The van der Waals surface area contributed by atoms with Crippen LogP contribution in [0.5, 0.6) is 0 Å². The predicted octanol–water partition coefficient (Wildman–Crippen LogP) is 1.59. The van der Waals surface area contributed by atoms with Gasteiger partial charge in [-0.05, 0) is 25.0 Å². The molecule has 3 amide bonds. The normalized spacial score (nSPS) is 22.4. The third-order valence-electron chi connectivity index (χ3n) is 4.27. The Kier molecular flexibility index (Phi) is 3.96. The number of hydrogen-bond acceptors (Lipinski definition) is 4. The van der Waals surface area contributed by atoms with E-state index in [-0.39, 0.29) is 36.5 Å². The Morgan fingerprint density at radius 2 is 1.91 bits per heavy atom. The van der Waals surface area contributed by atoms with Crippen LogP contribution in [-0.2, 0) is 21.2 Å². The van der Waals surface area contributed by atoms with Gasteiger partial charge < -0.3 is 5.32 Å². The minimum atomic E-state index is -3.16. The maximum absolute atomic E-state index is 13.9. The highest BCUT2D eigenvalue weighted by atomic mass is 79.9. The Bertz CT molecular complexity index is 782. The topological polar surface area (TPSA) is 83.5 Å². The summed E-state index contributed by atoms with van der Waals surface area (Å²) >= 11 is 3.14. The van der Waals surface area contributed by atoms with Gasteiger partial charge in [-0.1, -0.05) is 22.0 Å². The molecule has 9 heteroatoms. The largest absolute Gasteiger partial charge is 0.325 e. The first-order valence-corrected chi connectivity index (χ1v) is 9.62. The number of carbonyl (C=O) groups excluding carboxylic acids is 2. The van der Waals surface area contributed by atoms with Gasteiger partial charge in [0.15, 0.2) is 9.84 Å². The molecule has 2 aliphatic rings. The highest BCUT2D eigenvalue weighted by molar-refractivity contribution is 9.10. The summed E-state index contributed by atoms with van der Waals surface area (Å²) in [6, 6.07) is 3.77. The van der Waals surface area contributed by atoms with E-state index in [2.05, 4.69) is 21.2 Å². The van der Waals surface area contributed by atoms with Crippen molar-refractivity contribution in [3.63, 3.8) is 0 Å². The molecule has 2 aliphatic heterocycles. The molecule has 2 saturated heterocycles. The van der Waals surface area contributed by atoms with E-state index >= 15 is 0 Å². The minimum Gasteiger partial charge on any atom is -0.323 e. The van der Waals surface area contributed by atoms with Crippen molar-refractivity contribution in [1.82, 2.24) is 10.2 Å². The van der Waals surface area contributed by atoms with E-state index in [0.29, 0.717) is 4.47 Å².